The summed E-state index contributed by atoms with van der Waals surface area (Å²) in [4.78, 5) is 0. The van der Waals surface area contributed by atoms with Crippen molar-refractivity contribution in [1.82, 2.24) is 0 Å². The Morgan fingerprint density at radius 2 is 2.00 bits per heavy atom. The monoisotopic (exact) mass is 274 g/mol. The van der Waals surface area contributed by atoms with Gasteiger partial charge in [-0.1, -0.05) is 0 Å². The SMILES string of the molecule is CC(F)(F)CC1CC2CC1CC2OC1CCCCO1. The van der Waals surface area contributed by atoms with Gasteiger partial charge >= 0.3 is 0 Å². The highest BCUT2D eigenvalue weighted by Crippen LogP contribution is 2.52. The van der Waals surface area contributed by atoms with Gasteiger partial charge in [0.25, 0.3) is 0 Å². The molecule has 1 heterocycles. The molecule has 0 aromatic carbocycles. The van der Waals surface area contributed by atoms with Gasteiger partial charge in [0, 0.05) is 13.0 Å². The largest absolute Gasteiger partial charge is 0.353 e. The third kappa shape index (κ3) is 3.27. The highest BCUT2D eigenvalue weighted by atomic mass is 19.3. The molecule has 0 radical (unpaired) electrons. The summed E-state index contributed by atoms with van der Waals surface area (Å²) in [6, 6.07) is 0. The minimum absolute atomic E-state index is 0.0378. The van der Waals surface area contributed by atoms with E-state index in [4.69, 9.17) is 9.47 Å². The molecule has 2 aliphatic carbocycles. The van der Waals surface area contributed by atoms with Crippen molar-refractivity contribution in [1.29, 1.82) is 0 Å². The zero-order valence-electron chi connectivity index (χ0n) is 11.6. The molecular weight excluding hydrogens is 250 g/mol. The van der Waals surface area contributed by atoms with Crippen LogP contribution in [0.15, 0.2) is 0 Å². The van der Waals surface area contributed by atoms with E-state index in [0.717, 1.165) is 45.6 Å². The minimum atomic E-state index is -2.52. The molecule has 0 aromatic heterocycles. The van der Waals surface area contributed by atoms with E-state index in [1.807, 2.05) is 0 Å². The van der Waals surface area contributed by atoms with E-state index in [1.165, 1.54) is 6.42 Å². The number of hydrogen-bond acceptors (Lipinski definition) is 2. The smallest absolute Gasteiger partial charge is 0.245 e. The van der Waals surface area contributed by atoms with Gasteiger partial charge in [-0.3, -0.25) is 0 Å². The molecule has 0 aromatic rings. The summed E-state index contributed by atoms with van der Waals surface area (Å²) in [6.45, 7) is 1.85. The second-order valence-electron chi connectivity index (χ2n) is 6.73. The molecule has 5 unspecified atom stereocenters. The molecule has 0 amide bonds. The molecular formula is C15H24F2O2. The highest BCUT2D eigenvalue weighted by Gasteiger charge is 2.49. The molecule has 3 rings (SSSR count). The van der Waals surface area contributed by atoms with Crippen molar-refractivity contribution < 1.29 is 18.3 Å². The lowest BCUT2D eigenvalue weighted by Crippen LogP contribution is -2.33. The van der Waals surface area contributed by atoms with E-state index in [-0.39, 0.29) is 24.7 Å². The molecule has 2 saturated carbocycles. The summed E-state index contributed by atoms with van der Waals surface area (Å²) in [5, 5.41) is 0. The van der Waals surface area contributed by atoms with Crippen molar-refractivity contribution in [2.45, 2.75) is 70.2 Å². The standard InChI is InChI=1S/C15H24F2O2/c1-15(16,17)9-12-7-11-6-10(12)8-13(11)19-14-4-2-3-5-18-14/h10-14H,2-9H2,1H3. The molecule has 1 saturated heterocycles. The number of rotatable bonds is 4. The maximum atomic E-state index is 13.1. The Balaban J connectivity index is 1.49. The summed E-state index contributed by atoms with van der Waals surface area (Å²) in [7, 11) is 0. The van der Waals surface area contributed by atoms with Gasteiger partial charge in [-0.25, -0.2) is 8.78 Å². The summed E-state index contributed by atoms with van der Waals surface area (Å²) in [5.41, 5.74) is 0. The predicted octanol–water partition coefficient (Wildman–Crippen LogP) is 3.99. The van der Waals surface area contributed by atoms with E-state index in [1.54, 1.807) is 0 Å². The summed E-state index contributed by atoms with van der Waals surface area (Å²) in [5.74, 6) is -1.37. The van der Waals surface area contributed by atoms with Crippen molar-refractivity contribution in [2.24, 2.45) is 17.8 Å². The fourth-order valence-corrected chi connectivity index (χ4v) is 4.23. The van der Waals surface area contributed by atoms with Gasteiger partial charge in [0.1, 0.15) is 0 Å². The number of fused-ring (bicyclic) bond motifs is 2. The van der Waals surface area contributed by atoms with Gasteiger partial charge in [-0.15, -0.1) is 0 Å². The molecule has 2 bridgehead atoms. The van der Waals surface area contributed by atoms with Crippen molar-refractivity contribution in [2.75, 3.05) is 6.61 Å². The molecule has 4 heteroatoms. The molecule has 3 aliphatic rings. The van der Waals surface area contributed by atoms with Gasteiger partial charge in [0.05, 0.1) is 6.10 Å². The lowest BCUT2D eigenvalue weighted by atomic mass is 9.83. The number of halogens is 2. The molecule has 1 aliphatic heterocycles. The Hall–Kier alpha value is -0.220. The average molecular weight is 274 g/mol. The van der Waals surface area contributed by atoms with E-state index < -0.39 is 5.92 Å². The van der Waals surface area contributed by atoms with Crippen LogP contribution in [0.2, 0.25) is 0 Å². The summed E-state index contributed by atoms with van der Waals surface area (Å²) >= 11 is 0. The van der Waals surface area contributed by atoms with E-state index in [2.05, 4.69) is 0 Å². The van der Waals surface area contributed by atoms with Crippen LogP contribution in [0.25, 0.3) is 0 Å². The average Bonchev–Trinajstić information content (AvgIpc) is 2.87. The van der Waals surface area contributed by atoms with E-state index >= 15 is 0 Å². The minimum Gasteiger partial charge on any atom is -0.353 e. The number of hydrogen-bond donors (Lipinski definition) is 0. The van der Waals surface area contributed by atoms with Gasteiger partial charge in [-0.05, 0) is 63.2 Å². The molecule has 19 heavy (non-hydrogen) atoms. The normalized spacial score (nSPS) is 42.8. The van der Waals surface area contributed by atoms with Crippen LogP contribution in [0.1, 0.15) is 51.9 Å². The zero-order chi connectivity index (χ0) is 13.5. The Kier molecular flexibility index (Phi) is 3.82. The fraction of sp³-hybridized carbons (Fsp3) is 1.00. The third-order valence-electron chi connectivity index (χ3n) is 5.02. The second-order valence-corrected chi connectivity index (χ2v) is 6.73. The van der Waals surface area contributed by atoms with Gasteiger partial charge in [0.2, 0.25) is 5.92 Å². The number of ether oxygens (including phenoxy) is 2. The van der Waals surface area contributed by atoms with Crippen molar-refractivity contribution in [3.05, 3.63) is 0 Å². The van der Waals surface area contributed by atoms with Crippen LogP contribution in [0, 0.1) is 17.8 Å². The van der Waals surface area contributed by atoms with Crippen molar-refractivity contribution in [3.8, 4) is 0 Å². The predicted molar refractivity (Wildman–Crippen MR) is 68.0 cm³/mol. The maximum Gasteiger partial charge on any atom is 0.245 e. The lowest BCUT2D eigenvalue weighted by Gasteiger charge is -2.33. The fourth-order valence-electron chi connectivity index (χ4n) is 4.23. The Morgan fingerprint density at radius 3 is 2.58 bits per heavy atom. The number of alkyl halides is 2. The maximum absolute atomic E-state index is 13.1. The van der Waals surface area contributed by atoms with Crippen LogP contribution in [-0.4, -0.2) is 24.9 Å². The molecule has 0 N–H and O–H groups in total. The van der Waals surface area contributed by atoms with E-state index in [0.29, 0.717) is 11.8 Å². The van der Waals surface area contributed by atoms with Crippen LogP contribution in [0.3, 0.4) is 0 Å². The van der Waals surface area contributed by atoms with Gasteiger partial charge < -0.3 is 9.47 Å². The topological polar surface area (TPSA) is 18.5 Å². The Morgan fingerprint density at radius 1 is 1.16 bits per heavy atom. The van der Waals surface area contributed by atoms with Crippen LogP contribution in [0.5, 0.6) is 0 Å². The van der Waals surface area contributed by atoms with Crippen LogP contribution < -0.4 is 0 Å². The first-order valence-corrected chi connectivity index (χ1v) is 7.66. The lowest BCUT2D eigenvalue weighted by molar-refractivity contribution is -0.199. The zero-order valence-corrected chi connectivity index (χ0v) is 11.6. The van der Waals surface area contributed by atoms with Crippen LogP contribution in [-0.2, 0) is 9.47 Å². The quantitative estimate of drug-likeness (QED) is 0.771. The van der Waals surface area contributed by atoms with Gasteiger partial charge in [-0.2, -0.15) is 0 Å². The second kappa shape index (κ2) is 5.28. The highest BCUT2D eigenvalue weighted by molar-refractivity contribution is 4.97. The molecule has 2 nitrogen and oxygen atoms in total. The van der Waals surface area contributed by atoms with Crippen LogP contribution >= 0.6 is 0 Å². The molecule has 110 valence electrons. The Bertz CT molecular complexity index is 310. The summed E-state index contributed by atoms with van der Waals surface area (Å²) < 4.78 is 37.9. The van der Waals surface area contributed by atoms with Gasteiger partial charge in [0.15, 0.2) is 6.29 Å². The van der Waals surface area contributed by atoms with Crippen molar-refractivity contribution in [3.63, 3.8) is 0 Å². The summed E-state index contributed by atoms with van der Waals surface area (Å²) in [6.07, 6.45) is 6.54. The van der Waals surface area contributed by atoms with E-state index in [9.17, 15) is 8.78 Å². The first-order chi connectivity index (χ1) is 9.01. The molecule has 0 spiro atoms. The van der Waals surface area contributed by atoms with Crippen LogP contribution in [0.4, 0.5) is 8.78 Å². The third-order valence-corrected chi connectivity index (χ3v) is 5.02. The molecule has 3 fully saturated rings. The first kappa shape index (κ1) is 13.7. The van der Waals surface area contributed by atoms with Crippen molar-refractivity contribution >= 4 is 0 Å². The Labute approximate surface area is 113 Å². The molecule has 5 atom stereocenters. The first-order valence-electron chi connectivity index (χ1n) is 7.66.